The van der Waals surface area contributed by atoms with E-state index in [4.69, 9.17) is 9.47 Å². The van der Waals surface area contributed by atoms with E-state index in [1.54, 1.807) is 12.1 Å². The molecule has 3 rings (SSSR count). The van der Waals surface area contributed by atoms with E-state index in [0.29, 0.717) is 25.1 Å². The van der Waals surface area contributed by atoms with E-state index in [0.717, 1.165) is 18.6 Å². The molecule has 22 heavy (non-hydrogen) atoms. The summed E-state index contributed by atoms with van der Waals surface area (Å²) in [6, 6.07) is 4.79. The molecule has 1 aromatic rings. The zero-order chi connectivity index (χ0) is 15.7. The van der Waals surface area contributed by atoms with Gasteiger partial charge in [-0.15, -0.1) is 0 Å². The summed E-state index contributed by atoms with van der Waals surface area (Å²) in [5.74, 6) is -0.283. The van der Waals surface area contributed by atoms with E-state index in [9.17, 15) is 14.9 Å². The number of benzene rings is 1. The predicted octanol–water partition coefficient (Wildman–Crippen LogP) is 2.00. The lowest BCUT2D eigenvalue weighted by atomic mass is 9.95. The zero-order valence-electron chi connectivity index (χ0n) is 12.3. The van der Waals surface area contributed by atoms with E-state index >= 15 is 0 Å². The molecule has 7 heteroatoms. The summed E-state index contributed by atoms with van der Waals surface area (Å²) < 4.78 is 10.2. The van der Waals surface area contributed by atoms with Gasteiger partial charge in [-0.05, 0) is 30.9 Å². The molecule has 118 valence electrons. The Morgan fingerprint density at radius 1 is 1.55 bits per heavy atom. The highest BCUT2D eigenvalue weighted by Gasteiger charge is 2.52. The van der Waals surface area contributed by atoms with Crippen molar-refractivity contribution in [1.29, 1.82) is 0 Å². The number of anilines is 1. The van der Waals surface area contributed by atoms with Gasteiger partial charge in [-0.2, -0.15) is 0 Å². The van der Waals surface area contributed by atoms with Crippen molar-refractivity contribution in [2.24, 2.45) is 0 Å². The molecule has 2 fully saturated rings. The number of nitro benzene ring substituents is 1. The number of esters is 1. The highest BCUT2D eigenvalue weighted by atomic mass is 16.6. The largest absolute Gasteiger partial charge is 0.468 e. The Morgan fingerprint density at radius 3 is 2.77 bits per heavy atom. The lowest BCUT2D eigenvalue weighted by Crippen LogP contribution is -2.33. The summed E-state index contributed by atoms with van der Waals surface area (Å²) in [7, 11) is 1.36. The molecule has 1 N–H and O–H groups in total. The Hall–Kier alpha value is -2.15. The van der Waals surface area contributed by atoms with E-state index in [2.05, 4.69) is 5.32 Å². The highest BCUT2D eigenvalue weighted by Crippen LogP contribution is 2.50. The molecule has 1 aliphatic heterocycles. The normalized spacial score (nSPS) is 21.6. The minimum Gasteiger partial charge on any atom is -0.468 e. The predicted molar refractivity (Wildman–Crippen MR) is 78.9 cm³/mol. The first-order valence-electron chi connectivity index (χ1n) is 7.29. The summed E-state index contributed by atoms with van der Waals surface area (Å²) in [6.45, 7) is 1.26. The van der Waals surface area contributed by atoms with Gasteiger partial charge < -0.3 is 14.8 Å². The van der Waals surface area contributed by atoms with Gasteiger partial charge in [0.25, 0.3) is 5.69 Å². The number of hydrogen-bond donors (Lipinski definition) is 1. The molecule has 0 unspecified atom stereocenters. The fourth-order valence-corrected chi connectivity index (χ4v) is 2.73. The van der Waals surface area contributed by atoms with Crippen LogP contribution in [-0.4, -0.2) is 37.3 Å². The SMILES string of the molecule is COC(=O)C1(c2ccc([N+](=O)[O-])c(NC[C@@H]3CCO3)c2)CC1. The van der Waals surface area contributed by atoms with Crippen LogP contribution in [0.1, 0.15) is 24.8 Å². The molecule has 1 saturated carbocycles. The third-order valence-electron chi connectivity index (χ3n) is 4.39. The Morgan fingerprint density at radius 2 is 2.27 bits per heavy atom. The molecule has 0 bridgehead atoms. The van der Waals surface area contributed by atoms with Gasteiger partial charge >= 0.3 is 5.97 Å². The van der Waals surface area contributed by atoms with Crippen LogP contribution in [0.15, 0.2) is 18.2 Å². The number of hydrogen-bond acceptors (Lipinski definition) is 6. The van der Waals surface area contributed by atoms with E-state index < -0.39 is 10.3 Å². The number of nitrogens with one attached hydrogen (secondary N) is 1. The van der Waals surface area contributed by atoms with Crippen molar-refractivity contribution in [3.8, 4) is 0 Å². The van der Waals surface area contributed by atoms with Crippen LogP contribution in [0.25, 0.3) is 0 Å². The number of carbonyl (C=O) groups is 1. The molecule has 1 atom stereocenters. The van der Waals surface area contributed by atoms with Crippen molar-refractivity contribution in [2.45, 2.75) is 30.8 Å². The number of ether oxygens (including phenoxy) is 2. The van der Waals surface area contributed by atoms with Crippen LogP contribution in [0.5, 0.6) is 0 Å². The molecule has 0 amide bonds. The van der Waals surface area contributed by atoms with Gasteiger partial charge in [-0.3, -0.25) is 14.9 Å². The van der Waals surface area contributed by atoms with Gasteiger partial charge in [-0.25, -0.2) is 0 Å². The Kier molecular flexibility index (Phi) is 3.74. The monoisotopic (exact) mass is 306 g/mol. The molecule has 1 saturated heterocycles. The first-order valence-corrected chi connectivity index (χ1v) is 7.29. The topological polar surface area (TPSA) is 90.7 Å². The number of nitrogens with zero attached hydrogens (tertiary/aromatic N) is 1. The molecule has 0 aromatic heterocycles. The Labute approximate surface area is 127 Å². The van der Waals surface area contributed by atoms with E-state index in [1.165, 1.54) is 13.2 Å². The zero-order valence-corrected chi connectivity index (χ0v) is 12.3. The number of nitro groups is 1. The van der Waals surface area contributed by atoms with Crippen LogP contribution in [0.2, 0.25) is 0 Å². The van der Waals surface area contributed by atoms with Crippen molar-refractivity contribution < 1.29 is 19.2 Å². The number of methoxy groups -OCH3 is 1. The van der Waals surface area contributed by atoms with E-state index in [-0.39, 0.29) is 17.8 Å². The quantitative estimate of drug-likeness (QED) is 0.491. The fraction of sp³-hybridized carbons (Fsp3) is 0.533. The fourth-order valence-electron chi connectivity index (χ4n) is 2.73. The second-order valence-corrected chi connectivity index (χ2v) is 5.73. The van der Waals surface area contributed by atoms with Crippen LogP contribution in [0, 0.1) is 10.1 Å². The maximum Gasteiger partial charge on any atom is 0.316 e. The first kappa shape index (κ1) is 14.8. The lowest BCUT2D eigenvalue weighted by Gasteiger charge is -2.27. The van der Waals surface area contributed by atoms with Crippen LogP contribution in [0.3, 0.4) is 0 Å². The van der Waals surface area contributed by atoms with Gasteiger partial charge in [0, 0.05) is 19.2 Å². The smallest absolute Gasteiger partial charge is 0.316 e. The third kappa shape index (κ3) is 2.52. The molecule has 1 heterocycles. The van der Waals surface area contributed by atoms with Crippen LogP contribution in [0.4, 0.5) is 11.4 Å². The minimum atomic E-state index is -0.632. The van der Waals surface area contributed by atoms with Crippen LogP contribution in [-0.2, 0) is 19.7 Å². The van der Waals surface area contributed by atoms with Gasteiger partial charge in [0.05, 0.1) is 23.6 Å². The summed E-state index contributed by atoms with van der Waals surface area (Å²) in [6.07, 6.45) is 2.47. The third-order valence-corrected chi connectivity index (χ3v) is 4.39. The van der Waals surface area contributed by atoms with Crippen LogP contribution >= 0.6 is 0 Å². The first-order chi connectivity index (χ1) is 10.6. The maximum absolute atomic E-state index is 12.0. The average molecular weight is 306 g/mol. The number of carbonyl (C=O) groups excluding carboxylic acids is 1. The second-order valence-electron chi connectivity index (χ2n) is 5.73. The van der Waals surface area contributed by atoms with Crippen molar-refractivity contribution in [3.63, 3.8) is 0 Å². The summed E-state index contributed by atoms with van der Waals surface area (Å²) in [5, 5.41) is 14.2. The second kappa shape index (κ2) is 5.57. The van der Waals surface area contributed by atoms with Crippen LogP contribution < -0.4 is 5.32 Å². The van der Waals surface area contributed by atoms with Crippen molar-refractivity contribution in [3.05, 3.63) is 33.9 Å². The maximum atomic E-state index is 12.0. The molecule has 7 nitrogen and oxygen atoms in total. The molecule has 1 aromatic carbocycles. The summed E-state index contributed by atoms with van der Waals surface area (Å²) in [5.41, 5.74) is 0.562. The van der Waals surface area contributed by atoms with Gasteiger partial charge in [0.1, 0.15) is 5.69 Å². The molecule has 2 aliphatic rings. The van der Waals surface area contributed by atoms with E-state index in [1.807, 2.05) is 0 Å². The summed E-state index contributed by atoms with van der Waals surface area (Å²) in [4.78, 5) is 22.7. The highest BCUT2D eigenvalue weighted by molar-refractivity contribution is 5.87. The Bertz CT molecular complexity index is 608. The lowest BCUT2D eigenvalue weighted by molar-refractivity contribution is -0.384. The molecule has 1 aliphatic carbocycles. The van der Waals surface area contributed by atoms with Gasteiger partial charge in [0.15, 0.2) is 0 Å². The molecular weight excluding hydrogens is 288 g/mol. The minimum absolute atomic E-state index is 0.00346. The number of rotatable bonds is 6. The standard InChI is InChI=1S/C15H18N2O5/c1-21-14(18)15(5-6-15)10-2-3-13(17(19)20)12(8-10)16-9-11-4-7-22-11/h2-3,8,11,16H,4-7,9H2,1H3/t11-/m0/s1. The van der Waals surface area contributed by atoms with Crippen molar-refractivity contribution >= 4 is 17.3 Å². The average Bonchev–Trinajstić information content (AvgIpc) is 3.26. The van der Waals surface area contributed by atoms with Crippen molar-refractivity contribution in [2.75, 3.05) is 25.6 Å². The van der Waals surface area contributed by atoms with Crippen molar-refractivity contribution in [1.82, 2.24) is 0 Å². The molecule has 0 spiro atoms. The Balaban J connectivity index is 1.86. The summed E-state index contributed by atoms with van der Waals surface area (Å²) >= 11 is 0. The molecule has 0 radical (unpaired) electrons. The molecular formula is C15H18N2O5. The van der Waals surface area contributed by atoms with Gasteiger partial charge in [-0.1, -0.05) is 6.07 Å². The van der Waals surface area contributed by atoms with Gasteiger partial charge in [0.2, 0.25) is 0 Å².